The lowest BCUT2D eigenvalue weighted by Crippen LogP contribution is -2.36. The van der Waals surface area contributed by atoms with Crippen LogP contribution in [-0.2, 0) is 18.4 Å². The van der Waals surface area contributed by atoms with Crippen molar-refractivity contribution in [3.8, 4) is 0 Å². The van der Waals surface area contributed by atoms with Crippen molar-refractivity contribution in [2.75, 3.05) is 44.8 Å². The monoisotopic (exact) mass is 520 g/mol. The largest absolute Gasteiger partial charge is 0.377 e. The summed E-state index contributed by atoms with van der Waals surface area (Å²) in [5, 5.41) is 0. The second-order valence-corrected chi connectivity index (χ2v) is 14.3. The van der Waals surface area contributed by atoms with Gasteiger partial charge in [0.05, 0.1) is 19.0 Å². The van der Waals surface area contributed by atoms with E-state index in [1.54, 1.807) is 6.92 Å². The summed E-state index contributed by atoms with van der Waals surface area (Å²) in [7, 11) is -17.2. The van der Waals surface area contributed by atoms with Gasteiger partial charge in [-0.05, 0) is 12.8 Å². The predicted octanol–water partition coefficient (Wildman–Crippen LogP) is -0.741. The average molecular weight is 520 g/mol. The van der Waals surface area contributed by atoms with Crippen molar-refractivity contribution in [3.63, 3.8) is 0 Å². The Bertz CT molecular complexity index is 604. The molecular weight excluding hydrogens is 488 g/mol. The maximum Gasteiger partial charge on any atom is 0.339 e. The molecule has 14 nitrogen and oxygen atoms in total. The molecule has 0 aliphatic rings. The maximum absolute atomic E-state index is 11.2. The number of rotatable bonds is 15. The maximum atomic E-state index is 11.2. The lowest BCUT2D eigenvalue weighted by atomic mass is 10.2. The summed E-state index contributed by atoms with van der Waals surface area (Å²) < 4.78 is 39.1. The number of hydrogen-bond acceptors (Lipinski definition) is 8. The third-order valence-electron chi connectivity index (χ3n) is 3.33. The highest BCUT2D eigenvalue weighted by Gasteiger charge is 2.28. The van der Waals surface area contributed by atoms with Crippen molar-refractivity contribution >= 4 is 36.4 Å². The highest BCUT2D eigenvalue weighted by molar-refractivity contribution is 7.62. The molecule has 30 heavy (non-hydrogen) atoms. The molecule has 0 amide bonds. The molecule has 0 spiro atoms. The Morgan fingerprint density at radius 3 is 1.43 bits per heavy atom. The van der Waals surface area contributed by atoms with E-state index < -0.39 is 61.4 Å². The van der Waals surface area contributed by atoms with Crippen LogP contribution in [0.4, 0.5) is 0 Å². The molecule has 2 unspecified atom stereocenters. The van der Waals surface area contributed by atoms with Gasteiger partial charge in [0.15, 0.2) is 0 Å². The van der Waals surface area contributed by atoms with Crippen molar-refractivity contribution in [2.45, 2.75) is 20.0 Å². The van der Waals surface area contributed by atoms with Crippen LogP contribution in [0.3, 0.4) is 0 Å². The van der Waals surface area contributed by atoms with Crippen LogP contribution in [-0.4, -0.2) is 106 Å². The van der Waals surface area contributed by atoms with E-state index in [2.05, 4.69) is 6.30 Å². The second kappa shape index (κ2) is 12.1. The predicted molar refractivity (Wildman–Crippen MR) is 112 cm³/mol. The first-order valence-corrected chi connectivity index (χ1v) is 16.0. The molecule has 182 valence electrons. The molecule has 0 saturated carbocycles. The van der Waals surface area contributed by atoms with Gasteiger partial charge in [0.2, 0.25) is 0 Å². The Morgan fingerprint density at radius 2 is 1.10 bits per heavy atom. The van der Waals surface area contributed by atoms with Gasteiger partial charge in [-0.3, -0.25) is 23.5 Å². The third kappa shape index (κ3) is 19.3. The van der Waals surface area contributed by atoms with E-state index in [0.717, 1.165) is 9.80 Å². The van der Waals surface area contributed by atoms with Crippen molar-refractivity contribution in [1.29, 1.82) is 0 Å². The SMILES string of the molecule is C=P(O)(O)CN(CC(C)COC(C)CN(CP(=O)(O)O)CP(=O)(O)O)CP(=O)(O)O. The fourth-order valence-corrected chi connectivity index (χ4v) is 6.04. The van der Waals surface area contributed by atoms with Crippen LogP contribution in [0, 0.1) is 5.92 Å². The zero-order chi connectivity index (χ0) is 24.0. The molecule has 0 radical (unpaired) electrons. The van der Waals surface area contributed by atoms with Crippen molar-refractivity contribution in [2.24, 2.45) is 5.92 Å². The zero-order valence-corrected chi connectivity index (χ0v) is 20.3. The van der Waals surface area contributed by atoms with E-state index >= 15 is 0 Å². The first-order valence-electron chi connectivity index (χ1n) is 8.53. The van der Waals surface area contributed by atoms with Gasteiger partial charge < -0.3 is 43.9 Å². The number of ether oxygens (including phenoxy) is 1. The third-order valence-corrected chi connectivity index (χ3v) is 6.49. The first kappa shape index (κ1) is 30.6. The normalized spacial score (nSPS) is 16.3. The summed E-state index contributed by atoms with van der Waals surface area (Å²) >= 11 is 0. The quantitative estimate of drug-likeness (QED) is 0.124. The Morgan fingerprint density at radius 1 is 0.733 bits per heavy atom. The van der Waals surface area contributed by atoms with Crippen LogP contribution in [0.15, 0.2) is 0 Å². The fourth-order valence-electron chi connectivity index (χ4n) is 2.66. The van der Waals surface area contributed by atoms with Crippen LogP contribution < -0.4 is 0 Å². The molecular formula is C12H32N2O12P4. The molecule has 0 saturated heterocycles. The molecule has 18 heteroatoms. The van der Waals surface area contributed by atoms with Gasteiger partial charge in [-0.1, -0.05) is 13.2 Å². The van der Waals surface area contributed by atoms with E-state index in [1.807, 2.05) is 0 Å². The van der Waals surface area contributed by atoms with Gasteiger partial charge in [-0.25, -0.2) is 0 Å². The van der Waals surface area contributed by atoms with E-state index in [0.29, 0.717) is 0 Å². The Hall–Kier alpha value is 0.550. The highest BCUT2D eigenvalue weighted by atomic mass is 31.2. The summed E-state index contributed by atoms with van der Waals surface area (Å²) in [4.78, 5) is 75.6. The lowest BCUT2D eigenvalue weighted by Gasteiger charge is -2.29. The molecule has 0 aromatic rings. The first-order chi connectivity index (χ1) is 13.2. The van der Waals surface area contributed by atoms with Gasteiger partial charge in [-0.2, -0.15) is 0 Å². The summed E-state index contributed by atoms with van der Waals surface area (Å²) in [6.45, 7) is 3.07. The Labute approximate surface area is 175 Å². The molecule has 0 fully saturated rings. The number of hydrogen-bond donors (Lipinski definition) is 8. The van der Waals surface area contributed by atoms with Gasteiger partial charge in [0, 0.05) is 13.1 Å². The Kier molecular flexibility index (Phi) is 12.4. The van der Waals surface area contributed by atoms with Crippen LogP contribution >= 0.6 is 30.1 Å². The summed E-state index contributed by atoms with van der Waals surface area (Å²) in [5.41, 5.74) is 0. The van der Waals surface area contributed by atoms with E-state index in [9.17, 15) is 23.5 Å². The van der Waals surface area contributed by atoms with Crippen LogP contribution in [0.25, 0.3) is 0 Å². The molecule has 0 aliphatic carbocycles. The van der Waals surface area contributed by atoms with E-state index in [-0.39, 0.29) is 25.6 Å². The lowest BCUT2D eigenvalue weighted by molar-refractivity contribution is 0.0197. The Balaban J connectivity index is 4.84. The van der Waals surface area contributed by atoms with Gasteiger partial charge >= 0.3 is 22.8 Å². The summed E-state index contributed by atoms with van der Waals surface area (Å²) in [5.74, 6) is -0.345. The molecule has 8 N–H and O–H groups in total. The van der Waals surface area contributed by atoms with E-state index in [4.69, 9.17) is 34.1 Å². The minimum Gasteiger partial charge on any atom is -0.377 e. The molecule has 0 bridgehead atoms. The second-order valence-electron chi connectivity index (χ2n) is 7.39. The van der Waals surface area contributed by atoms with Gasteiger partial charge in [0.1, 0.15) is 26.2 Å². The van der Waals surface area contributed by atoms with Gasteiger partial charge in [-0.15, -0.1) is 0 Å². The summed E-state index contributed by atoms with van der Waals surface area (Å²) in [6.07, 6.45) is -0.356. The van der Waals surface area contributed by atoms with Crippen LogP contribution in [0.5, 0.6) is 0 Å². The topological polar surface area (TPSA) is 229 Å². The van der Waals surface area contributed by atoms with Crippen molar-refractivity contribution in [3.05, 3.63) is 0 Å². The number of nitrogens with zero attached hydrogens (tertiary/aromatic N) is 2. The summed E-state index contributed by atoms with van der Waals surface area (Å²) in [6, 6.07) is 0. The molecule has 0 aliphatic heterocycles. The molecule has 2 atom stereocenters. The van der Waals surface area contributed by atoms with Crippen molar-refractivity contribution < 1.29 is 57.6 Å². The van der Waals surface area contributed by atoms with Gasteiger partial charge in [0.25, 0.3) is 0 Å². The van der Waals surface area contributed by atoms with Crippen molar-refractivity contribution in [1.82, 2.24) is 9.80 Å². The molecule has 0 aromatic heterocycles. The fraction of sp³-hybridized carbons (Fsp3) is 0.917. The van der Waals surface area contributed by atoms with E-state index in [1.165, 1.54) is 6.92 Å². The minimum atomic E-state index is -4.56. The average Bonchev–Trinajstić information content (AvgIpc) is 2.37. The zero-order valence-electron chi connectivity index (χ0n) is 16.7. The highest BCUT2D eigenvalue weighted by Crippen LogP contribution is 2.41. The molecule has 0 heterocycles. The van der Waals surface area contributed by atoms with Crippen LogP contribution in [0.1, 0.15) is 13.8 Å². The van der Waals surface area contributed by atoms with Crippen LogP contribution in [0.2, 0.25) is 0 Å². The molecule has 0 rings (SSSR count). The standard InChI is InChI=1S/C12H32N2O12P4/c1-11(4-13(7-27(3,15)16)8-28(17,18)19)6-26-12(2)5-14(9-29(20,21)22)10-30(23,24)25/h11-12,15-16H,3-10H2,1-2H3,(H2,17,18,19)(H2,20,21,22)(H2,23,24,25). The minimum absolute atomic E-state index is 0.0257. The molecule has 0 aromatic carbocycles. The smallest absolute Gasteiger partial charge is 0.339 e.